The van der Waals surface area contributed by atoms with Crippen LogP contribution in [0.5, 0.6) is 0 Å². The molecule has 0 bridgehead atoms. The van der Waals surface area contributed by atoms with Crippen molar-refractivity contribution in [3.63, 3.8) is 0 Å². The predicted molar refractivity (Wildman–Crippen MR) is 71.0 cm³/mol. The molecule has 0 amide bonds. The Morgan fingerprint density at radius 2 is 2.06 bits per heavy atom. The third kappa shape index (κ3) is 2.49. The molecule has 1 nitrogen and oxygen atoms in total. The molecule has 3 unspecified atom stereocenters. The lowest BCUT2D eigenvalue weighted by molar-refractivity contribution is 0.0873. The van der Waals surface area contributed by atoms with Crippen LogP contribution in [0.1, 0.15) is 35.7 Å². The Hall–Kier alpha value is -0.340. The van der Waals surface area contributed by atoms with Crippen molar-refractivity contribution >= 4 is 15.9 Å². The highest BCUT2D eigenvalue weighted by atomic mass is 79.9. The summed E-state index contributed by atoms with van der Waals surface area (Å²) in [6, 6.07) is 8.81. The molecular formula is C14H19BrO. The summed E-state index contributed by atoms with van der Waals surface area (Å²) >= 11 is 3.84. The Morgan fingerprint density at radius 1 is 1.38 bits per heavy atom. The summed E-state index contributed by atoms with van der Waals surface area (Å²) in [6.07, 6.45) is 2.70. The average Bonchev–Trinajstić information content (AvgIpc) is 2.77. The first-order chi connectivity index (χ1) is 7.72. The van der Waals surface area contributed by atoms with E-state index in [-0.39, 0.29) is 0 Å². The van der Waals surface area contributed by atoms with E-state index < -0.39 is 0 Å². The molecule has 1 aromatic rings. The molecule has 1 heterocycles. The maximum Gasteiger partial charge on any atom is 0.0615 e. The van der Waals surface area contributed by atoms with Crippen LogP contribution in [0.4, 0.5) is 0 Å². The van der Waals surface area contributed by atoms with Crippen molar-refractivity contribution < 1.29 is 4.74 Å². The van der Waals surface area contributed by atoms with Gasteiger partial charge in [-0.3, -0.25) is 0 Å². The first-order valence-corrected chi connectivity index (χ1v) is 6.96. The normalized spacial score (nSPS) is 26.9. The van der Waals surface area contributed by atoms with E-state index in [2.05, 4.69) is 54.0 Å². The molecule has 1 aliphatic heterocycles. The lowest BCUT2D eigenvalue weighted by Gasteiger charge is -2.22. The SMILES string of the molecule is CCC1OCCC1C(Br)c1ccc(C)cc1. The molecule has 0 aromatic heterocycles. The topological polar surface area (TPSA) is 9.23 Å². The monoisotopic (exact) mass is 282 g/mol. The number of hydrogen-bond donors (Lipinski definition) is 0. The zero-order valence-corrected chi connectivity index (χ0v) is 11.5. The van der Waals surface area contributed by atoms with Crippen molar-refractivity contribution in [2.75, 3.05) is 6.61 Å². The zero-order valence-electron chi connectivity index (χ0n) is 9.95. The second-order valence-corrected chi connectivity index (χ2v) is 5.57. The van der Waals surface area contributed by atoms with Crippen molar-refractivity contribution in [3.8, 4) is 0 Å². The van der Waals surface area contributed by atoms with E-state index in [0.717, 1.165) is 13.0 Å². The summed E-state index contributed by atoms with van der Waals surface area (Å²) in [5.74, 6) is 0.618. The standard InChI is InChI=1S/C14H19BrO/c1-3-13-12(8-9-16-13)14(15)11-6-4-10(2)5-7-11/h4-7,12-14H,3,8-9H2,1-2H3. The van der Waals surface area contributed by atoms with Crippen molar-refractivity contribution in [2.45, 2.75) is 37.6 Å². The summed E-state index contributed by atoms with van der Waals surface area (Å²) in [7, 11) is 0. The minimum atomic E-state index is 0.422. The second-order valence-electron chi connectivity index (χ2n) is 4.58. The number of rotatable bonds is 3. The smallest absolute Gasteiger partial charge is 0.0615 e. The van der Waals surface area contributed by atoms with Gasteiger partial charge in [0, 0.05) is 17.4 Å². The first-order valence-electron chi connectivity index (χ1n) is 6.04. The molecule has 0 N–H and O–H groups in total. The molecule has 3 atom stereocenters. The van der Waals surface area contributed by atoms with Crippen LogP contribution in [0.15, 0.2) is 24.3 Å². The third-order valence-corrected chi connectivity index (χ3v) is 4.64. The van der Waals surface area contributed by atoms with E-state index >= 15 is 0 Å². The summed E-state index contributed by atoms with van der Waals surface area (Å²) in [5, 5.41) is 0. The Morgan fingerprint density at radius 3 is 2.69 bits per heavy atom. The van der Waals surface area contributed by atoms with Crippen LogP contribution in [0.2, 0.25) is 0 Å². The highest BCUT2D eigenvalue weighted by Crippen LogP contribution is 2.40. The van der Waals surface area contributed by atoms with Gasteiger partial charge in [-0.1, -0.05) is 52.7 Å². The van der Waals surface area contributed by atoms with E-state index in [1.54, 1.807) is 0 Å². The minimum Gasteiger partial charge on any atom is -0.378 e. The van der Waals surface area contributed by atoms with Crippen molar-refractivity contribution in [1.82, 2.24) is 0 Å². The summed E-state index contributed by atoms with van der Waals surface area (Å²) in [6.45, 7) is 5.25. The van der Waals surface area contributed by atoms with Crippen LogP contribution in [-0.4, -0.2) is 12.7 Å². The quantitative estimate of drug-likeness (QED) is 0.754. The molecule has 0 saturated carbocycles. The van der Waals surface area contributed by atoms with E-state index in [1.807, 2.05) is 0 Å². The fraction of sp³-hybridized carbons (Fsp3) is 0.571. The molecule has 16 heavy (non-hydrogen) atoms. The van der Waals surface area contributed by atoms with Gasteiger partial charge in [-0.2, -0.15) is 0 Å². The zero-order chi connectivity index (χ0) is 11.5. The Bertz CT molecular complexity index is 333. The van der Waals surface area contributed by atoms with Gasteiger partial charge in [0.2, 0.25) is 0 Å². The lowest BCUT2D eigenvalue weighted by atomic mass is 9.91. The van der Waals surface area contributed by atoms with Gasteiger partial charge in [0.1, 0.15) is 0 Å². The predicted octanol–water partition coefficient (Wildman–Crippen LogP) is 4.25. The van der Waals surface area contributed by atoms with Gasteiger partial charge in [0.05, 0.1) is 6.10 Å². The molecule has 88 valence electrons. The molecule has 1 fully saturated rings. The van der Waals surface area contributed by atoms with Gasteiger partial charge < -0.3 is 4.74 Å². The molecule has 1 aromatic carbocycles. The van der Waals surface area contributed by atoms with Gasteiger partial charge in [0.25, 0.3) is 0 Å². The molecule has 1 aliphatic rings. The summed E-state index contributed by atoms with van der Waals surface area (Å²) in [5.41, 5.74) is 2.69. The maximum atomic E-state index is 5.75. The number of hydrogen-bond acceptors (Lipinski definition) is 1. The van der Waals surface area contributed by atoms with Crippen molar-refractivity contribution in [1.29, 1.82) is 0 Å². The van der Waals surface area contributed by atoms with Crippen LogP contribution in [0, 0.1) is 12.8 Å². The van der Waals surface area contributed by atoms with Crippen molar-refractivity contribution in [2.24, 2.45) is 5.92 Å². The van der Waals surface area contributed by atoms with Gasteiger partial charge in [-0.15, -0.1) is 0 Å². The maximum absolute atomic E-state index is 5.75. The molecule has 2 rings (SSSR count). The Kier molecular flexibility index (Phi) is 4.04. The molecule has 0 spiro atoms. The van der Waals surface area contributed by atoms with E-state index in [9.17, 15) is 0 Å². The Balaban J connectivity index is 2.12. The van der Waals surface area contributed by atoms with Crippen molar-refractivity contribution in [3.05, 3.63) is 35.4 Å². The number of aryl methyl sites for hydroxylation is 1. The summed E-state index contributed by atoms with van der Waals surface area (Å²) in [4.78, 5) is 0.431. The number of halogens is 1. The largest absolute Gasteiger partial charge is 0.378 e. The average molecular weight is 283 g/mol. The Labute approximate surface area is 106 Å². The van der Waals surface area contributed by atoms with Gasteiger partial charge in [-0.05, 0) is 25.3 Å². The molecular weight excluding hydrogens is 264 g/mol. The van der Waals surface area contributed by atoms with Crippen LogP contribution in [0.25, 0.3) is 0 Å². The van der Waals surface area contributed by atoms with Crippen LogP contribution >= 0.6 is 15.9 Å². The highest BCUT2D eigenvalue weighted by molar-refractivity contribution is 9.09. The van der Waals surface area contributed by atoms with Gasteiger partial charge in [0.15, 0.2) is 0 Å². The lowest BCUT2D eigenvalue weighted by Crippen LogP contribution is -2.18. The first kappa shape index (κ1) is 12.1. The van der Waals surface area contributed by atoms with Crippen LogP contribution < -0.4 is 0 Å². The second kappa shape index (κ2) is 5.33. The number of alkyl halides is 1. The van der Waals surface area contributed by atoms with E-state index in [1.165, 1.54) is 17.5 Å². The molecule has 0 radical (unpaired) electrons. The van der Waals surface area contributed by atoms with Crippen LogP contribution in [0.3, 0.4) is 0 Å². The molecule has 2 heteroatoms. The number of ether oxygens (including phenoxy) is 1. The van der Waals surface area contributed by atoms with E-state index in [4.69, 9.17) is 4.74 Å². The fourth-order valence-corrected chi connectivity index (χ4v) is 3.33. The minimum absolute atomic E-state index is 0.422. The van der Waals surface area contributed by atoms with E-state index in [0.29, 0.717) is 16.8 Å². The molecule has 1 saturated heterocycles. The number of benzene rings is 1. The molecule has 0 aliphatic carbocycles. The fourth-order valence-electron chi connectivity index (χ4n) is 2.42. The van der Waals surface area contributed by atoms with Crippen LogP contribution in [-0.2, 0) is 4.74 Å². The van der Waals surface area contributed by atoms with Gasteiger partial charge in [-0.25, -0.2) is 0 Å². The van der Waals surface area contributed by atoms with Gasteiger partial charge >= 0.3 is 0 Å². The summed E-state index contributed by atoms with van der Waals surface area (Å²) < 4.78 is 5.75. The third-order valence-electron chi connectivity index (χ3n) is 3.43. The highest BCUT2D eigenvalue weighted by Gasteiger charge is 2.32.